The van der Waals surface area contributed by atoms with Crippen LogP contribution in [0.15, 0.2) is 18.2 Å². The Hall–Kier alpha value is -1.43. The minimum absolute atomic E-state index is 0.00407. The molecule has 35 heavy (non-hydrogen) atoms. The Morgan fingerprint density at radius 2 is 1.80 bits per heavy atom. The minimum Gasteiger partial charge on any atom is -0.508 e. The number of phenols is 1. The quantitative estimate of drug-likeness (QED) is 0.539. The lowest BCUT2D eigenvalue weighted by Crippen LogP contribution is -2.70. The van der Waals surface area contributed by atoms with Gasteiger partial charge in [0, 0.05) is 35.5 Å². The molecule has 5 fully saturated rings. The van der Waals surface area contributed by atoms with Crippen molar-refractivity contribution in [3.63, 3.8) is 0 Å². The Balaban J connectivity index is 1.34. The summed E-state index contributed by atoms with van der Waals surface area (Å²) in [6.07, 6.45) is 7.30. The lowest BCUT2D eigenvalue weighted by molar-refractivity contribution is -0.357. The van der Waals surface area contributed by atoms with Gasteiger partial charge in [0.2, 0.25) is 0 Å². The second kappa shape index (κ2) is 6.90. The molecule has 2 N–H and O–H groups in total. The van der Waals surface area contributed by atoms with Crippen molar-refractivity contribution in [1.82, 2.24) is 0 Å². The maximum atomic E-state index is 13.2. The van der Waals surface area contributed by atoms with Gasteiger partial charge in [-0.25, -0.2) is 0 Å². The molecule has 7 atom stereocenters. The van der Waals surface area contributed by atoms with E-state index in [1.165, 1.54) is 11.1 Å². The van der Waals surface area contributed by atoms with E-state index >= 15 is 0 Å². The zero-order valence-electron chi connectivity index (χ0n) is 21.4. The van der Waals surface area contributed by atoms with Crippen molar-refractivity contribution in [1.29, 1.82) is 0 Å². The summed E-state index contributed by atoms with van der Waals surface area (Å²) in [5, 5.41) is 23.0. The molecule has 1 saturated heterocycles. The molecular weight excluding hydrogens is 440 g/mol. The number of aromatic hydroxyl groups is 1. The average molecular weight is 481 g/mol. The van der Waals surface area contributed by atoms with Crippen LogP contribution in [0.3, 0.4) is 0 Å². The number of rotatable bonds is 0. The number of carbonyl (C=O) groups is 1. The first-order chi connectivity index (χ1) is 16.5. The third kappa shape index (κ3) is 2.89. The van der Waals surface area contributed by atoms with Crippen molar-refractivity contribution in [2.45, 2.75) is 95.9 Å². The second-order valence-electron chi connectivity index (χ2n) is 14.1. The highest BCUT2D eigenvalue weighted by atomic mass is 16.7. The molecule has 6 aliphatic rings. The van der Waals surface area contributed by atoms with Crippen LogP contribution >= 0.6 is 0 Å². The van der Waals surface area contributed by atoms with E-state index in [2.05, 4.69) is 26.8 Å². The fraction of sp³-hybridized carbons (Fsp3) is 0.767. The predicted molar refractivity (Wildman–Crippen MR) is 131 cm³/mol. The smallest absolute Gasteiger partial charge is 0.171 e. The van der Waals surface area contributed by atoms with Crippen LogP contribution in [-0.2, 0) is 20.7 Å². The molecule has 0 amide bonds. The zero-order valence-corrected chi connectivity index (χ0v) is 21.4. The summed E-state index contributed by atoms with van der Waals surface area (Å²) in [6.45, 7) is 7.88. The number of ketones is 1. The lowest BCUT2D eigenvalue weighted by atomic mass is 9.37. The summed E-state index contributed by atoms with van der Waals surface area (Å²) in [7, 11) is 0. The van der Waals surface area contributed by atoms with Crippen LogP contribution in [0.1, 0.15) is 89.2 Å². The number of phenolic OH excluding ortho intramolecular Hbond substituents is 1. The van der Waals surface area contributed by atoms with Crippen molar-refractivity contribution in [2.24, 2.45) is 34.0 Å². The molecule has 7 rings (SSSR count). The van der Waals surface area contributed by atoms with Crippen LogP contribution in [0.5, 0.6) is 5.75 Å². The molecule has 2 unspecified atom stereocenters. The van der Waals surface area contributed by atoms with E-state index in [1.807, 2.05) is 12.1 Å². The summed E-state index contributed by atoms with van der Waals surface area (Å²) < 4.78 is 12.9. The summed E-state index contributed by atoms with van der Waals surface area (Å²) >= 11 is 0. The van der Waals surface area contributed by atoms with Gasteiger partial charge in [0.1, 0.15) is 11.5 Å². The monoisotopic (exact) mass is 480 g/mol. The van der Waals surface area contributed by atoms with Crippen molar-refractivity contribution in [3.05, 3.63) is 29.3 Å². The molecule has 5 nitrogen and oxygen atoms in total. The first kappa shape index (κ1) is 22.7. The molecule has 0 radical (unpaired) electrons. The van der Waals surface area contributed by atoms with E-state index in [1.54, 1.807) is 0 Å². The number of hydrogen-bond donors (Lipinski definition) is 2. The van der Waals surface area contributed by atoms with Crippen LogP contribution in [0.25, 0.3) is 0 Å². The fourth-order valence-corrected chi connectivity index (χ4v) is 10.0. The largest absolute Gasteiger partial charge is 0.508 e. The molecule has 190 valence electrons. The Kier molecular flexibility index (Phi) is 4.49. The lowest BCUT2D eigenvalue weighted by Gasteiger charge is -2.69. The summed E-state index contributed by atoms with van der Waals surface area (Å²) in [4.78, 5) is 13.2. The molecule has 5 aliphatic carbocycles. The third-order valence-corrected chi connectivity index (χ3v) is 11.6. The molecule has 1 aromatic carbocycles. The molecule has 0 bridgehead atoms. The van der Waals surface area contributed by atoms with Crippen molar-refractivity contribution in [3.8, 4) is 5.75 Å². The maximum Gasteiger partial charge on any atom is 0.171 e. The first-order valence-electron chi connectivity index (χ1n) is 13.9. The predicted octanol–water partition coefficient (Wildman–Crippen LogP) is 5.12. The SMILES string of the molecule is CC1(C)COC2(CC[C@@]34Cc5cc(O)ccc5C5C[C@]6(C)C(=O)CC[C@H]6[C@H](CC[C@@]3(O)C2)C54)OC1. The van der Waals surface area contributed by atoms with Gasteiger partial charge < -0.3 is 19.7 Å². The molecule has 1 aliphatic heterocycles. The van der Waals surface area contributed by atoms with Gasteiger partial charge in [-0.05, 0) is 85.5 Å². The number of ether oxygens (including phenoxy) is 2. The molecular formula is C30H40O5. The standard InChI is InChI=1S/C30H40O5/c1-26(2)16-34-30(35-17-26)11-10-28-13-18-12-19(31)4-5-20(18)22-14-27(3)23(6-7-24(27)32)21(25(22)28)8-9-29(28,33)15-30/h4-5,12,21-23,25,31,33H,6-11,13-17H2,1-3H3/t21-,22?,23-,25?,27-,28-,29+/m0/s1. The number of carbonyl (C=O) groups excluding carboxylic acids is 1. The topological polar surface area (TPSA) is 76.0 Å². The number of aliphatic hydroxyl groups is 1. The molecule has 2 spiro atoms. The van der Waals surface area contributed by atoms with Crippen LogP contribution < -0.4 is 0 Å². The van der Waals surface area contributed by atoms with Gasteiger partial charge >= 0.3 is 0 Å². The Morgan fingerprint density at radius 1 is 1.03 bits per heavy atom. The van der Waals surface area contributed by atoms with E-state index in [4.69, 9.17) is 9.47 Å². The molecule has 1 aromatic rings. The van der Waals surface area contributed by atoms with Gasteiger partial charge in [-0.1, -0.05) is 26.8 Å². The number of hydrogen-bond acceptors (Lipinski definition) is 5. The second-order valence-corrected chi connectivity index (χ2v) is 14.1. The molecule has 1 heterocycles. The van der Waals surface area contributed by atoms with Gasteiger partial charge in [-0.3, -0.25) is 4.79 Å². The molecule has 4 saturated carbocycles. The van der Waals surface area contributed by atoms with Crippen molar-refractivity contribution < 1.29 is 24.5 Å². The van der Waals surface area contributed by atoms with Crippen LogP contribution in [-0.4, -0.2) is 40.6 Å². The van der Waals surface area contributed by atoms with Gasteiger partial charge in [0.25, 0.3) is 0 Å². The van der Waals surface area contributed by atoms with Crippen LogP contribution in [0.4, 0.5) is 0 Å². The van der Waals surface area contributed by atoms with Gasteiger partial charge in [0.05, 0.1) is 18.8 Å². The van der Waals surface area contributed by atoms with E-state index in [0.29, 0.717) is 55.3 Å². The summed E-state index contributed by atoms with van der Waals surface area (Å²) in [5.41, 5.74) is 1.08. The van der Waals surface area contributed by atoms with E-state index < -0.39 is 11.4 Å². The van der Waals surface area contributed by atoms with Crippen LogP contribution in [0, 0.1) is 34.0 Å². The highest BCUT2D eigenvalue weighted by molar-refractivity contribution is 5.87. The number of Topliss-reactive ketones (excluding diaryl/α,β-unsaturated/α-hetero) is 1. The van der Waals surface area contributed by atoms with Crippen molar-refractivity contribution >= 4 is 5.78 Å². The Bertz CT molecular complexity index is 1080. The maximum absolute atomic E-state index is 13.2. The molecule has 0 aromatic heterocycles. The first-order valence-corrected chi connectivity index (χ1v) is 13.9. The summed E-state index contributed by atoms with van der Waals surface area (Å²) in [5.74, 6) is 1.54. The highest BCUT2D eigenvalue weighted by Gasteiger charge is 2.72. The summed E-state index contributed by atoms with van der Waals surface area (Å²) in [6, 6.07) is 5.85. The normalized spacial score (nSPS) is 46.9. The van der Waals surface area contributed by atoms with Gasteiger partial charge in [-0.15, -0.1) is 0 Å². The Morgan fingerprint density at radius 3 is 2.57 bits per heavy atom. The van der Waals surface area contributed by atoms with E-state index in [-0.39, 0.29) is 22.2 Å². The minimum atomic E-state index is -0.869. The van der Waals surface area contributed by atoms with Crippen LogP contribution in [0.2, 0.25) is 0 Å². The fourth-order valence-electron chi connectivity index (χ4n) is 10.0. The van der Waals surface area contributed by atoms with E-state index in [9.17, 15) is 15.0 Å². The molecule has 5 heteroatoms. The Labute approximate surface area is 208 Å². The number of fused-ring (bicyclic) bond motifs is 4. The third-order valence-electron chi connectivity index (χ3n) is 11.6. The van der Waals surface area contributed by atoms with Gasteiger partial charge in [-0.2, -0.15) is 0 Å². The highest BCUT2D eigenvalue weighted by Crippen LogP contribution is 2.73. The van der Waals surface area contributed by atoms with E-state index in [0.717, 1.165) is 44.9 Å². The van der Waals surface area contributed by atoms with Crippen molar-refractivity contribution in [2.75, 3.05) is 13.2 Å². The average Bonchev–Trinajstić information content (AvgIpc) is 3.10. The van der Waals surface area contributed by atoms with Gasteiger partial charge in [0.15, 0.2) is 5.79 Å². The number of benzene rings is 1. The zero-order chi connectivity index (χ0) is 24.4.